The number of urea groups is 1. The number of phosphoric ester groups is 1. The number of nitrogens with one attached hydrogen (secondary N) is 2. The van der Waals surface area contributed by atoms with Gasteiger partial charge < -0.3 is 51.3 Å². The summed E-state index contributed by atoms with van der Waals surface area (Å²) >= 11 is 0. The molecule has 2 aliphatic rings. The van der Waals surface area contributed by atoms with Crippen LogP contribution in [0.4, 0.5) is 10.7 Å². The highest BCUT2D eigenvalue weighted by Gasteiger charge is 2.36. The molecule has 3 atom stereocenters. The molecule has 2 aromatic heterocycles. The molecular formula is C18H24N9O10P. The summed E-state index contributed by atoms with van der Waals surface area (Å²) in [4.78, 5) is 47.3. The van der Waals surface area contributed by atoms with E-state index in [1.54, 1.807) is 0 Å². The SMILES string of the molecule is NC(N)=NC(=O)N[C@@H]1CC(OP(=O)(O)OCC2=C(O)C(Cn3cnc4c(=O)[nH]c(N)nc43)CO2)=C(CO)O1. The molecule has 0 bridgehead atoms. The molecule has 206 valence electrons. The molecule has 2 aliphatic heterocycles. The number of carbonyl (C=O) groups excluding carboxylic acids is 1. The number of imidazole rings is 1. The number of nitrogen functional groups attached to an aromatic ring is 1. The van der Waals surface area contributed by atoms with Gasteiger partial charge in [0.15, 0.2) is 40.6 Å². The molecule has 19 nitrogen and oxygen atoms in total. The van der Waals surface area contributed by atoms with E-state index in [4.69, 9.17) is 35.7 Å². The number of H-pyrrole nitrogens is 1. The normalized spacial score (nSPS) is 20.7. The fraction of sp³-hybridized carbons (Fsp3) is 0.389. The van der Waals surface area contributed by atoms with Crippen molar-refractivity contribution in [1.29, 1.82) is 0 Å². The van der Waals surface area contributed by atoms with Crippen molar-refractivity contribution in [3.63, 3.8) is 0 Å². The van der Waals surface area contributed by atoms with Crippen LogP contribution in [-0.4, -0.2) is 72.7 Å². The van der Waals surface area contributed by atoms with E-state index < -0.39 is 50.7 Å². The molecule has 2 unspecified atom stereocenters. The number of ether oxygens (including phenoxy) is 2. The maximum atomic E-state index is 12.5. The van der Waals surface area contributed by atoms with Crippen molar-refractivity contribution < 1.29 is 43.0 Å². The van der Waals surface area contributed by atoms with Crippen molar-refractivity contribution in [1.82, 2.24) is 24.8 Å². The van der Waals surface area contributed by atoms with E-state index in [1.807, 2.05) is 0 Å². The van der Waals surface area contributed by atoms with Crippen LogP contribution in [0.2, 0.25) is 0 Å². The number of nitrogens with two attached hydrogens (primary N) is 3. The zero-order chi connectivity index (χ0) is 27.6. The van der Waals surface area contributed by atoms with Crippen LogP contribution < -0.4 is 28.1 Å². The van der Waals surface area contributed by atoms with Crippen LogP contribution in [0.3, 0.4) is 0 Å². The predicted molar refractivity (Wildman–Crippen MR) is 126 cm³/mol. The lowest BCUT2D eigenvalue weighted by Crippen LogP contribution is -2.35. The Morgan fingerprint density at radius 3 is 2.87 bits per heavy atom. The molecule has 0 fully saturated rings. The van der Waals surface area contributed by atoms with Crippen molar-refractivity contribution in [3.8, 4) is 0 Å². The van der Waals surface area contributed by atoms with Crippen LogP contribution in [0.15, 0.2) is 39.2 Å². The molecule has 0 radical (unpaired) electrons. The third-order valence-electron chi connectivity index (χ3n) is 5.25. The average molecular weight is 557 g/mol. The molecule has 0 spiro atoms. The van der Waals surface area contributed by atoms with Gasteiger partial charge in [0.2, 0.25) is 5.95 Å². The number of nitrogens with zero attached hydrogens (tertiary/aromatic N) is 4. The molecule has 38 heavy (non-hydrogen) atoms. The molecule has 2 aromatic rings. The minimum atomic E-state index is -4.81. The largest absolute Gasteiger partial charge is 0.527 e. The topological polar surface area (TPSA) is 298 Å². The Hall–Kier alpha value is -4.32. The molecule has 4 rings (SSSR count). The lowest BCUT2D eigenvalue weighted by Gasteiger charge is -2.14. The quantitative estimate of drug-likeness (QED) is 0.0956. The predicted octanol–water partition coefficient (Wildman–Crippen LogP) is -1.82. The Morgan fingerprint density at radius 1 is 1.39 bits per heavy atom. The molecule has 0 aromatic carbocycles. The standard InChI is InChI=1S/C18H24N9O10P/c19-16(20)26-18(31)23-11-1-8(9(3-28)36-11)37-38(32,33)35-5-10-13(29)7(4-34-10)2-27-6-22-12-14(27)24-17(21)25-15(12)30/h6-7,11,28-29H,1-5H2,(H,32,33)(H3,21,24,25,30)(H5,19,20,23,26,31)/t7?,11-/m0/s1. The first-order valence-electron chi connectivity index (χ1n) is 10.8. The number of aliphatic imine (C=N–C) groups is 1. The molecule has 0 saturated carbocycles. The first kappa shape index (κ1) is 26.7. The van der Waals surface area contributed by atoms with Gasteiger partial charge in [0, 0.05) is 6.54 Å². The molecule has 4 heterocycles. The monoisotopic (exact) mass is 557 g/mol. The number of phosphoric acid groups is 1. The first-order valence-corrected chi connectivity index (χ1v) is 12.3. The molecule has 0 saturated heterocycles. The molecule has 20 heteroatoms. The number of hydrogen-bond acceptors (Lipinski definition) is 12. The van der Waals surface area contributed by atoms with E-state index in [0.29, 0.717) is 0 Å². The van der Waals surface area contributed by atoms with Crippen LogP contribution >= 0.6 is 7.82 Å². The Morgan fingerprint density at radius 2 is 2.16 bits per heavy atom. The van der Waals surface area contributed by atoms with Gasteiger partial charge in [-0.15, -0.1) is 0 Å². The minimum Gasteiger partial charge on any atom is -0.508 e. The van der Waals surface area contributed by atoms with E-state index in [9.17, 15) is 29.3 Å². The van der Waals surface area contributed by atoms with Crippen molar-refractivity contribution >= 4 is 36.9 Å². The van der Waals surface area contributed by atoms with Gasteiger partial charge in [-0.2, -0.15) is 9.98 Å². The number of aliphatic hydroxyl groups excluding tert-OH is 2. The summed E-state index contributed by atoms with van der Waals surface area (Å²) < 4.78 is 34.6. The third kappa shape index (κ3) is 5.97. The number of fused-ring (bicyclic) bond motifs is 1. The number of carbonyl (C=O) groups is 1. The number of guanidine groups is 1. The van der Waals surface area contributed by atoms with Gasteiger partial charge >= 0.3 is 13.9 Å². The summed E-state index contributed by atoms with van der Waals surface area (Å²) in [5.41, 5.74) is 15.6. The second-order valence-electron chi connectivity index (χ2n) is 7.97. The Bertz CT molecular complexity index is 1440. The van der Waals surface area contributed by atoms with E-state index in [-0.39, 0.29) is 59.7 Å². The number of hydrogen-bond donors (Lipinski definition) is 8. The van der Waals surface area contributed by atoms with E-state index in [2.05, 4.69) is 25.3 Å². The molecule has 0 aliphatic carbocycles. The highest BCUT2D eigenvalue weighted by atomic mass is 31.2. The lowest BCUT2D eigenvalue weighted by atomic mass is 10.1. The summed E-state index contributed by atoms with van der Waals surface area (Å²) in [7, 11) is -4.81. The average Bonchev–Trinajstić information content (AvgIpc) is 3.50. The van der Waals surface area contributed by atoms with Crippen LogP contribution in [-0.2, 0) is 29.6 Å². The van der Waals surface area contributed by atoms with Gasteiger partial charge in [0.25, 0.3) is 5.56 Å². The first-order chi connectivity index (χ1) is 18.0. The fourth-order valence-electron chi connectivity index (χ4n) is 3.63. The number of aliphatic hydroxyl groups is 2. The van der Waals surface area contributed by atoms with Crippen molar-refractivity contribution in [2.24, 2.45) is 22.4 Å². The van der Waals surface area contributed by atoms with Crippen molar-refractivity contribution in [2.45, 2.75) is 19.2 Å². The summed E-state index contributed by atoms with van der Waals surface area (Å²) in [6, 6.07) is -0.943. The highest BCUT2D eigenvalue weighted by Crippen LogP contribution is 2.49. The second-order valence-corrected chi connectivity index (χ2v) is 9.35. The Kier molecular flexibility index (Phi) is 7.44. The third-order valence-corrected chi connectivity index (χ3v) is 6.16. The Balaban J connectivity index is 1.36. The number of rotatable bonds is 9. The van der Waals surface area contributed by atoms with Crippen LogP contribution in [0.5, 0.6) is 0 Å². The highest BCUT2D eigenvalue weighted by molar-refractivity contribution is 7.47. The van der Waals surface area contributed by atoms with Gasteiger partial charge in [-0.25, -0.2) is 14.3 Å². The maximum Gasteiger partial charge on any atom is 0.527 e. The zero-order valence-corrected chi connectivity index (χ0v) is 20.3. The number of aromatic nitrogens is 4. The van der Waals surface area contributed by atoms with Crippen LogP contribution in [0.25, 0.3) is 11.2 Å². The van der Waals surface area contributed by atoms with Crippen molar-refractivity contribution in [2.75, 3.05) is 25.6 Å². The second kappa shape index (κ2) is 10.6. The molecule has 11 N–H and O–H groups in total. The van der Waals surface area contributed by atoms with Crippen LogP contribution in [0.1, 0.15) is 6.42 Å². The van der Waals surface area contributed by atoms with E-state index >= 15 is 0 Å². The summed E-state index contributed by atoms with van der Waals surface area (Å²) in [6.07, 6.45) is 0.0168. The van der Waals surface area contributed by atoms with Gasteiger partial charge in [-0.1, -0.05) is 0 Å². The lowest BCUT2D eigenvalue weighted by molar-refractivity contribution is 0.0961. The van der Waals surface area contributed by atoms with Crippen LogP contribution in [0, 0.1) is 5.92 Å². The summed E-state index contributed by atoms with van der Waals surface area (Å²) in [6.45, 7) is -1.26. The van der Waals surface area contributed by atoms with E-state index in [0.717, 1.165) is 0 Å². The number of anilines is 1. The number of amides is 2. The van der Waals surface area contributed by atoms with E-state index in [1.165, 1.54) is 10.9 Å². The molecule has 2 amide bonds. The zero-order valence-electron chi connectivity index (χ0n) is 19.4. The van der Waals surface area contributed by atoms with Gasteiger partial charge in [0.1, 0.15) is 19.0 Å². The summed E-state index contributed by atoms with van der Waals surface area (Å²) in [5, 5.41) is 22.3. The van der Waals surface area contributed by atoms with Gasteiger partial charge in [0.05, 0.1) is 25.3 Å². The smallest absolute Gasteiger partial charge is 0.508 e. The fourth-order valence-corrected chi connectivity index (χ4v) is 4.41. The minimum absolute atomic E-state index is 0.00964. The Labute approximate surface area is 212 Å². The van der Waals surface area contributed by atoms with Gasteiger partial charge in [-0.05, 0) is 0 Å². The maximum absolute atomic E-state index is 12.5. The number of aromatic amines is 1. The summed E-state index contributed by atoms with van der Waals surface area (Å²) in [5.74, 6) is -2.08. The molecular weight excluding hydrogens is 533 g/mol. The van der Waals surface area contributed by atoms with Gasteiger partial charge in [-0.3, -0.25) is 19.2 Å². The van der Waals surface area contributed by atoms with Crippen molar-refractivity contribution in [3.05, 3.63) is 39.7 Å².